The zero-order chi connectivity index (χ0) is 15.5. The Labute approximate surface area is 129 Å². The quantitative estimate of drug-likeness (QED) is 0.932. The SMILES string of the molecule is OC1OCCC(CN2CCCCC2)C1c1ccc(F)c(F)c1. The van der Waals surface area contributed by atoms with E-state index in [1.807, 2.05) is 0 Å². The van der Waals surface area contributed by atoms with Crippen molar-refractivity contribution in [2.75, 3.05) is 26.2 Å². The number of halogens is 2. The fraction of sp³-hybridized carbons (Fsp3) is 0.647. The summed E-state index contributed by atoms with van der Waals surface area (Å²) in [7, 11) is 0. The van der Waals surface area contributed by atoms with E-state index >= 15 is 0 Å². The lowest BCUT2D eigenvalue weighted by Crippen LogP contribution is -2.42. The summed E-state index contributed by atoms with van der Waals surface area (Å²) in [6, 6.07) is 3.88. The van der Waals surface area contributed by atoms with Crippen LogP contribution in [-0.4, -0.2) is 42.5 Å². The highest BCUT2D eigenvalue weighted by molar-refractivity contribution is 5.24. The van der Waals surface area contributed by atoms with Crippen molar-refractivity contribution in [1.29, 1.82) is 0 Å². The van der Waals surface area contributed by atoms with Gasteiger partial charge in [-0.25, -0.2) is 8.78 Å². The molecule has 1 aromatic rings. The number of nitrogens with zero attached hydrogens (tertiary/aromatic N) is 1. The molecule has 122 valence electrons. The van der Waals surface area contributed by atoms with Crippen LogP contribution in [0, 0.1) is 17.6 Å². The lowest BCUT2D eigenvalue weighted by atomic mass is 9.81. The molecular weight excluding hydrogens is 288 g/mol. The second kappa shape index (κ2) is 7.02. The van der Waals surface area contributed by atoms with Crippen molar-refractivity contribution in [2.45, 2.75) is 37.9 Å². The normalized spacial score (nSPS) is 30.4. The minimum Gasteiger partial charge on any atom is -0.367 e. The summed E-state index contributed by atoms with van der Waals surface area (Å²) in [6.07, 6.45) is 3.58. The van der Waals surface area contributed by atoms with Crippen molar-refractivity contribution in [3.05, 3.63) is 35.4 Å². The minimum atomic E-state index is -0.951. The maximum atomic E-state index is 13.5. The Balaban J connectivity index is 1.78. The van der Waals surface area contributed by atoms with E-state index < -0.39 is 17.9 Å². The molecule has 0 aromatic heterocycles. The smallest absolute Gasteiger partial charge is 0.161 e. The molecule has 2 saturated heterocycles. The molecule has 5 heteroatoms. The van der Waals surface area contributed by atoms with Crippen molar-refractivity contribution < 1.29 is 18.6 Å². The largest absolute Gasteiger partial charge is 0.367 e. The highest BCUT2D eigenvalue weighted by atomic mass is 19.2. The van der Waals surface area contributed by atoms with Gasteiger partial charge in [0.1, 0.15) is 0 Å². The third-order valence-electron chi connectivity index (χ3n) is 4.86. The number of ether oxygens (including phenoxy) is 1. The molecule has 2 heterocycles. The number of aliphatic hydroxyl groups excluding tert-OH is 1. The molecular formula is C17H23F2NO2. The maximum absolute atomic E-state index is 13.5. The molecule has 0 bridgehead atoms. The number of likely N-dealkylation sites (tertiary alicyclic amines) is 1. The first kappa shape index (κ1) is 15.8. The Morgan fingerprint density at radius 2 is 1.91 bits per heavy atom. The molecule has 3 nitrogen and oxygen atoms in total. The molecule has 22 heavy (non-hydrogen) atoms. The van der Waals surface area contributed by atoms with Gasteiger partial charge in [-0.15, -0.1) is 0 Å². The van der Waals surface area contributed by atoms with Gasteiger partial charge in [0.15, 0.2) is 17.9 Å². The summed E-state index contributed by atoms with van der Waals surface area (Å²) < 4.78 is 32.1. The Bertz CT molecular complexity index is 505. The Morgan fingerprint density at radius 3 is 2.64 bits per heavy atom. The van der Waals surface area contributed by atoms with Gasteiger partial charge >= 0.3 is 0 Å². The molecule has 2 aliphatic heterocycles. The van der Waals surface area contributed by atoms with Gasteiger partial charge in [0, 0.05) is 12.5 Å². The van der Waals surface area contributed by atoms with Gasteiger partial charge in [-0.2, -0.15) is 0 Å². The van der Waals surface area contributed by atoms with E-state index in [-0.39, 0.29) is 11.8 Å². The average Bonchev–Trinajstić information content (AvgIpc) is 2.52. The summed E-state index contributed by atoms with van der Waals surface area (Å²) >= 11 is 0. The molecule has 2 fully saturated rings. The molecule has 0 radical (unpaired) electrons. The van der Waals surface area contributed by atoms with E-state index in [9.17, 15) is 13.9 Å². The van der Waals surface area contributed by atoms with E-state index in [1.54, 1.807) is 6.07 Å². The number of aliphatic hydroxyl groups is 1. The number of hydrogen-bond donors (Lipinski definition) is 1. The fourth-order valence-electron chi connectivity index (χ4n) is 3.69. The standard InChI is InChI=1S/C17H23F2NO2/c18-14-5-4-12(10-15(14)19)16-13(6-9-22-17(16)21)11-20-7-2-1-3-8-20/h4-5,10,13,16-17,21H,1-3,6-9,11H2. The topological polar surface area (TPSA) is 32.7 Å². The van der Waals surface area contributed by atoms with Crippen LogP contribution in [0.1, 0.15) is 37.2 Å². The van der Waals surface area contributed by atoms with Crippen molar-refractivity contribution >= 4 is 0 Å². The lowest BCUT2D eigenvalue weighted by molar-refractivity contribution is -0.156. The third-order valence-corrected chi connectivity index (χ3v) is 4.86. The maximum Gasteiger partial charge on any atom is 0.161 e. The van der Waals surface area contributed by atoms with Crippen molar-refractivity contribution in [2.24, 2.45) is 5.92 Å². The van der Waals surface area contributed by atoms with Crippen LogP contribution < -0.4 is 0 Å². The zero-order valence-corrected chi connectivity index (χ0v) is 12.7. The highest BCUT2D eigenvalue weighted by Crippen LogP contribution is 2.36. The number of rotatable bonds is 3. The minimum absolute atomic E-state index is 0.201. The second-order valence-corrected chi connectivity index (χ2v) is 6.37. The molecule has 3 unspecified atom stereocenters. The van der Waals surface area contributed by atoms with E-state index in [0.717, 1.165) is 32.1 Å². The first-order valence-electron chi connectivity index (χ1n) is 8.12. The van der Waals surface area contributed by atoms with Crippen LogP contribution in [-0.2, 0) is 4.74 Å². The summed E-state index contributed by atoms with van der Waals surface area (Å²) in [4.78, 5) is 2.42. The third kappa shape index (κ3) is 3.47. The molecule has 1 aromatic carbocycles. The van der Waals surface area contributed by atoms with Crippen LogP contribution in [0.5, 0.6) is 0 Å². The van der Waals surface area contributed by atoms with E-state index in [0.29, 0.717) is 12.2 Å². The van der Waals surface area contributed by atoms with Gasteiger partial charge in [0.2, 0.25) is 0 Å². The molecule has 0 aliphatic carbocycles. The van der Waals surface area contributed by atoms with Crippen molar-refractivity contribution in [1.82, 2.24) is 4.90 Å². The first-order valence-corrected chi connectivity index (χ1v) is 8.12. The van der Waals surface area contributed by atoms with Gasteiger partial charge in [0.25, 0.3) is 0 Å². The molecule has 0 spiro atoms. The van der Waals surface area contributed by atoms with Gasteiger partial charge in [-0.1, -0.05) is 12.5 Å². The van der Waals surface area contributed by atoms with Crippen LogP contribution in [0.3, 0.4) is 0 Å². The number of piperidine rings is 1. The van der Waals surface area contributed by atoms with Crippen LogP contribution in [0.2, 0.25) is 0 Å². The summed E-state index contributed by atoms with van der Waals surface area (Å²) in [5.41, 5.74) is 0.619. The number of benzene rings is 1. The van der Waals surface area contributed by atoms with Crippen LogP contribution in [0.25, 0.3) is 0 Å². The van der Waals surface area contributed by atoms with Gasteiger partial charge in [-0.3, -0.25) is 0 Å². The predicted molar refractivity (Wildman–Crippen MR) is 79.5 cm³/mol. The van der Waals surface area contributed by atoms with E-state index in [1.165, 1.54) is 25.3 Å². The lowest BCUT2D eigenvalue weighted by Gasteiger charge is -2.39. The van der Waals surface area contributed by atoms with Gasteiger partial charge in [-0.05, 0) is 56.0 Å². The molecule has 2 aliphatic rings. The summed E-state index contributed by atoms with van der Waals surface area (Å²) in [6.45, 7) is 3.56. The molecule has 0 saturated carbocycles. The fourth-order valence-corrected chi connectivity index (χ4v) is 3.69. The second-order valence-electron chi connectivity index (χ2n) is 6.37. The highest BCUT2D eigenvalue weighted by Gasteiger charge is 2.35. The average molecular weight is 311 g/mol. The molecule has 1 N–H and O–H groups in total. The van der Waals surface area contributed by atoms with Crippen LogP contribution in [0.4, 0.5) is 8.78 Å². The summed E-state index contributed by atoms with van der Waals surface area (Å²) in [5.74, 6) is -1.83. The predicted octanol–water partition coefficient (Wildman–Crippen LogP) is 2.89. The Hall–Kier alpha value is -1.04. The van der Waals surface area contributed by atoms with E-state index in [4.69, 9.17) is 4.74 Å². The van der Waals surface area contributed by atoms with Gasteiger partial charge in [0.05, 0.1) is 6.61 Å². The molecule has 3 rings (SSSR count). The monoisotopic (exact) mass is 311 g/mol. The van der Waals surface area contributed by atoms with Gasteiger partial charge < -0.3 is 14.7 Å². The molecule has 0 amide bonds. The molecule has 3 atom stereocenters. The summed E-state index contributed by atoms with van der Waals surface area (Å²) in [5, 5.41) is 10.2. The van der Waals surface area contributed by atoms with Crippen LogP contribution >= 0.6 is 0 Å². The number of hydrogen-bond acceptors (Lipinski definition) is 3. The van der Waals surface area contributed by atoms with Crippen molar-refractivity contribution in [3.63, 3.8) is 0 Å². The first-order chi connectivity index (χ1) is 10.6. The Morgan fingerprint density at radius 1 is 1.14 bits per heavy atom. The van der Waals surface area contributed by atoms with E-state index in [2.05, 4.69) is 4.90 Å². The zero-order valence-electron chi connectivity index (χ0n) is 12.7. The van der Waals surface area contributed by atoms with Crippen LogP contribution in [0.15, 0.2) is 18.2 Å². The van der Waals surface area contributed by atoms with Crippen molar-refractivity contribution in [3.8, 4) is 0 Å². The Kier molecular flexibility index (Phi) is 5.06.